The van der Waals surface area contributed by atoms with Gasteiger partial charge in [-0.1, -0.05) is 0 Å². The molecule has 1 heterocycles. The minimum Gasteiger partial charge on any atom is -0.490 e. The van der Waals surface area contributed by atoms with Crippen molar-refractivity contribution in [2.24, 2.45) is 5.92 Å². The third-order valence-electron chi connectivity index (χ3n) is 6.13. The van der Waals surface area contributed by atoms with E-state index < -0.39 is 15.3 Å². The fourth-order valence-corrected chi connectivity index (χ4v) is 5.31. The fraction of sp³-hybridized carbons (Fsp3) is 0.696. The second kappa shape index (κ2) is 10.3. The summed E-state index contributed by atoms with van der Waals surface area (Å²) in [7, 11) is -3.27. The maximum atomic E-state index is 12.6. The number of hydrogen-bond donors (Lipinski definition) is 2. The van der Waals surface area contributed by atoms with E-state index in [-0.39, 0.29) is 36.2 Å². The lowest BCUT2D eigenvalue weighted by Gasteiger charge is -2.32. The Morgan fingerprint density at radius 1 is 1.03 bits per heavy atom. The molecule has 7 nitrogen and oxygen atoms in total. The lowest BCUT2D eigenvalue weighted by Crippen LogP contribution is -2.42. The van der Waals surface area contributed by atoms with Crippen LogP contribution in [0.4, 0.5) is 5.69 Å². The summed E-state index contributed by atoms with van der Waals surface area (Å²) in [6.07, 6.45) is 5.00. The second-order valence-corrected chi connectivity index (χ2v) is 11.5. The molecule has 2 fully saturated rings. The first-order valence-electron chi connectivity index (χ1n) is 11.4. The minimum atomic E-state index is -3.27. The van der Waals surface area contributed by atoms with Crippen molar-refractivity contribution in [2.75, 3.05) is 5.32 Å². The maximum Gasteiger partial charge on any atom is 0.227 e. The van der Waals surface area contributed by atoms with Crippen molar-refractivity contribution in [3.63, 3.8) is 0 Å². The Morgan fingerprint density at radius 2 is 1.61 bits per heavy atom. The number of carbonyl (C=O) groups excluding carboxylic acids is 1. The number of ether oxygens (including phenoxy) is 2. The van der Waals surface area contributed by atoms with Gasteiger partial charge in [-0.2, -0.15) is 0 Å². The number of anilines is 1. The van der Waals surface area contributed by atoms with E-state index in [4.69, 9.17) is 9.47 Å². The van der Waals surface area contributed by atoms with Crippen LogP contribution in [0.5, 0.6) is 5.75 Å². The number of amides is 1. The predicted octanol–water partition coefficient (Wildman–Crippen LogP) is 3.85. The molecule has 0 bridgehead atoms. The van der Waals surface area contributed by atoms with E-state index in [0.717, 1.165) is 24.3 Å². The van der Waals surface area contributed by atoms with E-state index in [1.165, 1.54) is 0 Å². The molecule has 1 aromatic rings. The first-order chi connectivity index (χ1) is 14.6. The number of nitrogens with one attached hydrogen (secondary N) is 2. The van der Waals surface area contributed by atoms with Gasteiger partial charge < -0.3 is 14.8 Å². The van der Waals surface area contributed by atoms with Crippen molar-refractivity contribution in [3.05, 3.63) is 24.3 Å². The SMILES string of the molecule is CC1CC(Oc2ccc(NC(=O)[C@H]3CC[C@H](NS(=O)(=O)C(C)C)CC3)cc2)CC(C)O1. The molecule has 2 unspecified atom stereocenters. The Labute approximate surface area is 186 Å². The monoisotopic (exact) mass is 452 g/mol. The highest BCUT2D eigenvalue weighted by Gasteiger charge is 2.30. The van der Waals surface area contributed by atoms with Crippen LogP contribution in [0.3, 0.4) is 0 Å². The summed E-state index contributed by atoms with van der Waals surface area (Å²) >= 11 is 0. The Kier molecular flexibility index (Phi) is 7.99. The van der Waals surface area contributed by atoms with Crippen LogP contribution in [0.15, 0.2) is 24.3 Å². The molecule has 174 valence electrons. The van der Waals surface area contributed by atoms with Crippen molar-refractivity contribution in [2.45, 2.75) is 95.8 Å². The number of carbonyl (C=O) groups is 1. The summed E-state index contributed by atoms with van der Waals surface area (Å²) < 4.78 is 38.7. The van der Waals surface area contributed by atoms with Gasteiger partial charge in [0, 0.05) is 30.5 Å². The molecule has 8 heteroatoms. The summed E-state index contributed by atoms with van der Waals surface area (Å²) in [4.78, 5) is 12.6. The number of hydrogen-bond acceptors (Lipinski definition) is 5. The van der Waals surface area contributed by atoms with Crippen LogP contribution in [0.25, 0.3) is 0 Å². The van der Waals surface area contributed by atoms with Gasteiger partial charge in [-0.3, -0.25) is 4.79 Å². The molecule has 2 aliphatic rings. The van der Waals surface area contributed by atoms with E-state index in [1.807, 2.05) is 24.3 Å². The largest absolute Gasteiger partial charge is 0.490 e. The fourth-order valence-electron chi connectivity index (χ4n) is 4.34. The van der Waals surface area contributed by atoms with Crippen molar-refractivity contribution in [1.82, 2.24) is 4.72 Å². The standard InChI is InChI=1S/C23H36N2O5S/c1-15(2)31(27,28)25-20-7-5-18(6-8-20)23(26)24-19-9-11-21(12-10-19)30-22-13-16(3)29-17(4)14-22/h9-12,15-18,20,22,25H,5-8,13-14H2,1-4H3,(H,24,26)/t16?,17?,18-,20-,22?. The van der Waals surface area contributed by atoms with E-state index in [9.17, 15) is 13.2 Å². The highest BCUT2D eigenvalue weighted by Crippen LogP contribution is 2.28. The van der Waals surface area contributed by atoms with Crippen molar-refractivity contribution >= 4 is 21.6 Å². The Morgan fingerprint density at radius 3 is 2.16 bits per heavy atom. The van der Waals surface area contributed by atoms with Crippen molar-refractivity contribution in [1.29, 1.82) is 0 Å². The van der Waals surface area contributed by atoms with Crippen LogP contribution in [0.2, 0.25) is 0 Å². The number of rotatable bonds is 7. The summed E-state index contributed by atoms with van der Waals surface area (Å²) in [6, 6.07) is 7.42. The summed E-state index contributed by atoms with van der Waals surface area (Å²) in [5.74, 6) is 0.689. The molecule has 1 saturated carbocycles. The van der Waals surface area contributed by atoms with Gasteiger partial charge >= 0.3 is 0 Å². The topological polar surface area (TPSA) is 93.7 Å². The van der Waals surface area contributed by atoms with Gasteiger partial charge in [-0.25, -0.2) is 13.1 Å². The average Bonchev–Trinajstić information content (AvgIpc) is 2.69. The van der Waals surface area contributed by atoms with Crippen LogP contribution < -0.4 is 14.8 Å². The van der Waals surface area contributed by atoms with Gasteiger partial charge in [0.05, 0.1) is 17.5 Å². The maximum absolute atomic E-state index is 12.6. The summed E-state index contributed by atoms with van der Waals surface area (Å²) in [6.45, 7) is 7.47. The first-order valence-corrected chi connectivity index (χ1v) is 12.9. The molecule has 2 atom stereocenters. The Hall–Kier alpha value is -1.64. The molecule has 3 rings (SSSR count). The van der Waals surface area contributed by atoms with Gasteiger partial charge in [0.1, 0.15) is 11.9 Å². The first kappa shape index (κ1) is 24.0. The normalized spacial score (nSPS) is 29.5. The minimum absolute atomic E-state index is 0.00841. The van der Waals surface area contributed by atoms with Gasteiger partial charge in [0.25, 0.3) is 0 Å². The molecule has 0 spiro atoms. The van der Waals surface area contributed by atoms with E-state index in [2.05, 4.69) is 23.9 Å². The lowest BCUT2D eigenvalue weighted by atomic mass is 9.86. The zero-order valence-corrected chi connectivity index (χ0v) is 19.8. The number of benzene rings is 1. The Bertz CT molecular complexity index is 822. The third-order valence-corrected chi connectivity index (χ3v) is 8.03. The summed E-state index contributed by atoms with van der Waals surface area (Å²) in [5.41, 5.74) is 0.744. The molecule has 1 aliphatic heterocycles. The quantitative estimate of drug-likeness (QED) is 0.655. The number of sulfonamides is 1. The zero-order chi connectivity index (χ0) is 22.6. The van der Waals surface area contributed by atoms with Crippen LogP contribution in [-0.2, 0) is 19.6 Å². The lowest BCUT2D eigenvalue weighted by molar-refractivity contribution is -0.120. The zero-order valence-electron chi connectivity index (χ0n) is 19.0. The molecule has 0 radical (unpaired) electrons. The van der Waals surface area contributed by atoms with Crippen molar-refractivity contribution in [3.8, 4) is 5.75 Å². The van der Waals surface area contributed by atoms with Gasteiger partial charge in [-0.15, -0.1) is 0 Å². The molecule has 1 saturated heterocycles. The average molecular weight is 453 g/mol. The summed E-state index contributed by atoms with van der Waals surface area (Å²) in [5, 5.41) is 2.54. The Balaban J connectivity index is 1.46. The molecular weight excluding hydrogens is 416 g/mol. The van der Waals surface area contributed by atoms with Crippen molar-refractivity contribution < 1.29 is 22.7 Å². The van der Waals surface area contributed by atoms with Gasteiger partial charge in [0.15, 0.2) is 0 Å². The molecule has 0 aromatic heterocycles. The highest BCUT2D eigenvalue weighted by molar-refractivity contribution is 7.90. The van der Waals surface area contributed by atoms with Gasteiger partial charge in [-0.05, 0) is 77.6 Å². The second-order valence-electron chi connectivity index (χ2n) is 9.24. The van der Waals surface area contributed by atoms with Crippen LogP contribution in [0, 0.1) is 5.92 Å². The third kappa shape index (κ3) is 6.92. The van der Waals surface area contributed by atoms with E-state index >= 15 is 0 Å². The molecule has 31 heavy (non-hydrogen) atoms. The van der Waals surface area contributed by atoms with E-state index in [1.54, 1.807) is 13.8 Å². The van der Waals surface area contributed by atoms with Crippen LogP contribution in [0.1, 0.15) is 66.2 Å². The molecular formula is C23H36N2O5S. The predicted molar refractivity (Wildman–Crippen MR) is 122 cm³/mol. The molecule has 1 aliphatic carbocycles. The van der Waals surface area contributed by atoms with Gasteiger partial charge in [0.2, 0.25) is 15.9 Å². The van der Waals surface area contributed by atoms with Crippen LogP contribution >= 0.6 is 0 Å². The van der Waals surface area contributed by atoms with Crippen LogP contribution in [-0.4, -0.2) is 43.9 Å². The smallest absolute Gasteiger partial charge is 0.227 e. The van der Waals surface area contributed by atoms with E-state index in [0.29, 0.717) is 25.7 Å². The molecule has 2 N–H and O–H groups in total. The highest BCUT2D eigenvalue weighted by atomic mass is 32.2. The molecule has 1 aromatic carbocycles. The molecule has 1 amide bonds.